The van der Waals surface area contributed by atoms with Crippen LogP contribution >= 0.6 is 11.6 Å². The van der Waals surface area contributed by atoms with Crippen molar-refractivity contribution in [3.63, 3.8) is 0 Å². The Kier molecular flexibility index (Phi) is 5.53. The van der Waals surface area contributed by atoms with E-state index >= 15 is 0 Å². The fourth-order valence-corrected chi connectivity index (χ4v) is 2.96. The van der Waals surface area contributed by atoms with E-state index in [9.17, 15) is 13.2 Å². The van der Waals surface area contributed by atoms with Crippen molar-refractivity contribution in [3.8, 4) is 0 Å². The second-order valence-electron chi connectivity index (χ2n) is 4.20. The molecule has 0 aliphatic heterocycles. The average Bonchev–Trinajstić information content (AvgIpc) is 2.37. The molecule has 4 nitrogen and oxygen atoms in total. The molecule has 0 atom stereocenters. The molecular weight excluding hydrogens is 298 g/mol. The van der Waals surface area contributed by atoms with Crippen LogP contribution in [-0.4, -0.2) is 38.6 Å². The number of amides is 1. The first-order chi connectivity index (χ1) is 9.31. The summed E-state index contributed by atoms with van der Waals surface area (Å²) >= 11 is 5.85. The van der Waals surface area contributed by atoms with E-state index in [0.717, 1.165) is 6.26 Å². The minimum absolute atomic E-state index is 0.0535. The molecule has 0 aliphatic carbocycles. The Morgan fingerprint density at radius 1 is 1.30 bits per heavy atom. The SMILES string of the molecule is C=CCN(CC=C)C(=O)c1ccc(Cl)c(S(C)(=O)=O)c1. The molecule has 0 N–H and O–H groups in total. The van der Waals surface area contributed by atoms with Gasteiger partial charge in [-0.15, -0.1) is 13.2 Å². The molecular formula is C14H16ClNO3S. The summed E-state index contributed by atoms with van der Waals surface area (Å²) in [6.07, 6.45) is 4.23. The lowest BCUT2D eigenvalue weighted by molar-refractivity contribution is 0.0790. The van der Waals surface area contributed by atoms with Crippen LogP contribution in [0.15, 0.2) is 48.4 Å². The second kappa shape index (κ2) is 6.72. The standard InChI is InChI=1S/C14H16ClNO3S/c1-4-8-16(9-5-2)14(17)11-6-7-12(15)13(10-11)20(3,18)19/h4-7,10H,1-2,8-9H2,3H3. The van der Waals surface area contributed by atoms with E-state index in [1.165, 1.54) is 23.1 Å². The quantitative estimate of drug-likeness (QED) is 0.758. The first-order valence-electron chi connectivity index (χ1n) is 5.82. The number of hydrogen-bond donors (Lipinski definition) is 0. The lowest BCUT2D eigenvalue weighted by atomic mass is 10.2. The summed E-state index contributed by atoms with van der Waals surface area (Å²) in [6.45, 7) is 7.87. The molecule has 1 rings (SSSR count). The summed E-state index contributed by atoms with van der Waals surface area (Å²) in [7, 11) is -3.48. The van der Waals surface area contributed by atoms with Gasteiger partial charge < -0.3 is 4.90 Å². The number of benzene rings is 1. The molecule has 1 amide bonds. The summed E-state index contributed by atoms with van der Waals surface area (Å²) in [5, 5.41) is 0.100. The maximum atomic E-state index is 12.3. The Balaban J connectivity index is 3.22. The number of rotatable bonds is 6. The number of hydrogen-bond acceptors (Lipinski definition) is 3. The molecule has 1 aromatic rings. The highest BCUT2D eigenvalue weighted by molar-refractivity contribution is 7.90. The van der Waals surface area contributed by atoms with Crippen LogP contribution in [0.4, 0.5) is 0 Å². The number of carbonyl (C=O) groups is 1. The van der Waals surface area contributed by atoms with Crippen molar-refractivity contribution in [2.24, 2.45) is 0 Å². The van der Waals surface area contributed by atoms with Gasteiger partial charge in [0.15, 0.2) is 9.84 Å². The van der Waals surface area contributed by atoms with Crippen LogP contribution in [0.25, 0.3) is 0 Å². The van der Waals surface area contributed by atoms with Crippen molar-refractivity contribution in [1.29, 1.82) is 0 Å². The molecule has 0 heterocycles. The maximum Gasteiger partial charge on any atom is 0.254 e. The number of carbonyl (C=O) groups excluding carboxylic acids is 1. The monoisotopic (exact) mass is 313 g/mol. The van der Waals surface area contributed by atoms with Gasteiger partial charge in [-0.1, -0.05) is 23.8 Å². The van der Waals surface area contributed by atoms with E-state index in [-0.39, 0.29) is 21.4 Å². The molecule has 0 saturated heterocycles. The highest BCUT2D eigenvalue weighted by Gasteiger charge is 2.18. The van der Waals surface area contributed by atoms with E-state index in [1.54, 1.807) is 12.2 Å². The molecule has 0 radical (unpaired) electrons. The van der Waals surface area contributed by atoms with Gasteiger partial charge >= 0.3 is 0 Å². The Morgan fingerprint density at radius 3 is 2.30 bits per heavy atom. The van der Waals surface area contributed by atoms with Crippen molar-refractivity contribution < 1.29 is 13.2 Å². The van der Waals surface area contributed by atoms with Gasteiger partial charge in [-0.05, 0) is 18.2 Å². The molecule has 1 aromatic carbocycles. The van der Waals surface area contributed by atoms with E-state index in [2.05, 4.69) is 13.2 Å². The van der Waals surface area contributed by atoms with Gasteiger partial charge in [-0.3, -0.25) is 4.79 Å². The van der Waals surface area contributed by atoms with Gasteiger partial charge in [0.25, 0.3) is 5.91 Å². The number of halogens is 1. The third kappa shape index (κ3) is 3.95. The lowest BCUT2D eigenvalue weighted by Gasteiger charge is -2.19. The first kappa shape index (κ1) is 16.5. The van der Waals surface area contributed by atoms with Crippen molar-refractivity contribution in [2.45, 2.75) is 4.90 Å². The molecule has 0 aromatic heterocycles. The highest BCUT2D eigenvalue weighted by Crippen LogP contribution is 2.23. The van der Waals surface area contributed by atoms with Crippen LogP contribution in [0, 0.1) is 0 Å². The predicted octanol–water partition coefficient (Wildman–Crippen LogP) is 2.56. The Labute approximate surface area is 124 Å². The molecule has 108 valence electrons. The van der Waals surface area contributed by atoms with Crippen LogP contribution in [0.5, 0.6) is 0 Å². The smallest absolute Gasteiger partial charge is 0.254 e. The molecule has 0 fully saturated rings. The Hall–Kier alpha value is -1.59. The molecule has 6 heteroatoms. The lowest BCUT2D eigenvalue weighted by Crippen LogP contribution is -2.31. The van der Waals surface area contributed by atoms with Gasteiger partial charge in [-0.2, -0.15) is 0 Å². The van der Waals surface area contributed by atoms with E-state index in [0.29, 0.717) is 13.1 Å². The number of sulfone groups is 1. The normalized spacial score (nSPS) is 10.9. The third-order valence-electron chi connectivity index (χ3n) is 2.56. The zero-order chi connectivity index (χ0) is 15.3. The van der Waals surface area contributed by atoms with Gasteiger partial charge in [0, 0.05) is 24.9 Å². The topological polar surface area (TPSA) is 54.5 Å². The molecule has 20 heavy (non-hydrogen) atoms. The van der Waals surface area contributed by atoms with Gasteiger partial charge in [-0.25, -0.2) is 8.42 Å². The fourth-order valence-electron chi connectivity index (χ4n) is 1.66. The molecule has 0 saturated carbocycles. The fraction of sp³-hybridized carbons (Fsp3) is 0.214. The van der Waals surface area contributed by atoms with Gasteiger partial charge in [0.2, 0.25) is 0 Å². The van der Waals surface area contributed by atoms with E-state index < -0.39 is 9.84 Å². The van der Waals surface area contributed by atoms with Crippen molar-refractivity contribution in [3.05, 3.63) is 54.1 Å². The maximum absolute atomic E-state index is 12.3. The second-order valence-corrected chi connectivity index (χ2v) is 6.60. The zero-order valence-corrected chi connectivity index (χ0v) is 12.7. The van der Waals surface area contributed by atoms with Gasteiger partial charge in [0.05, 0.1) is 9.92 Å². The van der Waals surface area contributed by atoms with Crippen LogP contribution in [-0.2, 0) is 9.84 Å². The van der Waals surface area contributed by atoms with Crippen molar-refractivity contribution >= 4 is 27.3 Å². The van der Waals surface area contributed by atoms with Crippen molar-refractivity contribution in [1.82, 2.24) is 4.90 Å². The Bertz CT molecular complexity index is 628. The highest BCUT2D eigenvalue weighted by atomic mass is 35.5. The molecule has 0 unspecified atom stereocenters. The molecule has 0 aliphatic rings. The minimum atomic E-state index is -3.48. The summed E-state index contributed by atoms with van der Waals surface area (Å²) < 4.78 is 23.2. The van der Waals surface area contributed by atoms with Crippen LogP contribution in [0.2, 0.25) is 5.02 Å². The predicted molar refractivity (Wildman–Crippen MR) is 80.9 cm³/mol. The summed E-state index contributed by atoms with van der Waals surface area (Å²) in [6, 6.07) is 4.20. The average molecular weight is 314 g/mol. The van der Waals surface area contributed by atoms with Gasteiger partial charge in [0.1, 0.15) is 0 Å². The van der Waals surface area contributed by atoms with E-state index in [1.807, 2.05) is 0 Å². The Morgan fingerprint density at radius 2 is 1.85 bits per heavy atom. The summed E-state index contributed by atoms with van der Waals surface area (Å²) in [5.74, 6) is -0.300. The molecule has 0 spiro atoms. The third-order valence-corrected chi connectivity index (χ3v) is 4.14. The summed E-state index contributed by atoms with van der Waals surface area (Å²) in [4.78, 5) is 13.7. The summed E-state index contributed by atoms with van der Waals surface area (Å²) in [5.41, 5.74) is 0.263. The van der Waals surface area contributed by atoms with Crippen LogP contribution < -0.4 is 0 Å². The number of nitrogens with zero attached hydrogens (tertiary/aromatic N) is 1. The van der Waals surface area contributed by atoms with Crippen LogP contribution in [0.3, 0.4) is 0 Å². The zero-order valence-electron chi connectivity index (χ0n) is 11.2. The minimum Gasteiger partial charge on any atom is -0.331 e. The molecule has 0 bridgehead atoms. The van der Waals surface area contributed by atoms with E-state index in [4.69, 9.17) is 11.6 Å². The van der Waals surface area contributed by atoms with Crippen LogP contribution in [0.1, 0.15) is 10.4 Å². The largest absolute Gasteiger partial charge is 0.331 e. The van der Waals surface area contributed by atoms with Crippen molar-refractivity contribution in [2.75, 3.05) is 19.3 Å². The first-order valence-corrected chi connectivity index (χ1v) is 8.09.